The topological polar surface area (TPSA) is 21.6 Å². The molecule has 0 atom stereocenters. The third-order valence-corrected chi connectivity index (χ3v) is 0.556. The molecule has 1 aliphatic heterocycles. The van der Waals surface area contributed by atoms with E-state index in [0.717, 1.165) is 6.42 Å². The van der Waals surface area contributed by atoms with Crippen LogP contribution in [0.15, 0.2) is 5.16 Å². The second-order valence-corrected chi connectivity index (χ2v) is 1.02. The molecule has 2 radical (unpaired) electrons. The molecule has 32 valence electrons. The van der Waals surface area contributed by atoms with Crippen LogP contribution in [0.3, 0.4) is 0 Å². The van der Waals surface area contributed by atoms with Crippen LogP contribution >= 0.6 is 0 Å². The van der Waals surface area contributed by atoms with Gasteiger partial charge in [-0.05, 0) is 6.42 Å². The summed E-state index contributed by atoms with van der Waals surface area (Å²) in [4.78, 5) is 4.58. The van der Waals surface area contributed by atoms with Gasteiger partial charge in [-0.3, -0.25) is 0 Å². The summed E-state index contributed by atoms with van der Waals surface area (Å²) in [6.07, 6.45) is 5.29. The lowest BCUT2D eigenvalue weighted by atomic mass is 10.3. The van der Waals surface area contributed by atoms with Gasteiger partial charge >= 0.3 is 0 Å². The van der Waals surface area contributed by atoms with Crippen LogP contribution in [0.5, 0.6) is 0 Å². The molecule has 0 fully saturated rings. The SMILES string of the molecule is [C]1C=NOCC1. The predicted octanol–water partition coefficient (Wildman–Crippen LogP) is 0.474. The monoisotopic (exact) mass is 83.0 g/mol. The van der Waals surface area contributed by atoms with Crippen molar-refractivity contribution in [1.82, 2.24) is 0 Å². The molecule has 2 nitrogen and oxygen atoms in total. The molecule has 0 aromatic carbocycles. The van der Waals surface area contributed by atoms with Crippen molar-refractivity contribution in [3.05, 3.63) is 6.42 Å². The highest BCUT2D eigenvalue weighted by Gasteiger charge is 1.89. The third-order valence-electron chi connectivity index (χ3n) is 0.556. The van der Waals surface area contributed by atoms with Crippen molar-refractivity contribution in [1.29, 1.82) is 0 Å². The van der Waals surface area contributed by atoms with Gasteiger partial charge in [0.15, 0.2) is 0 Å². The summed E-state index contributed by atoms with van der Waals surface area (Å²) in [7, 11) is 0. The Morgan fingerprint density at radius 2 is 2.83 bits per heavy atom. The van der Waals surface area contributed by atoms with E-state index >= 15 is 0 Å². The largest absolute Gasteiger partial charge is 0.396 e. The first-order valence-electron chi connectivity index (χ1n) is 1.87. The Balaban J connectivity index is 2.26. The van der Waals surface area contributed by atoms with E-state index in [2.05, 4.69) is 16.4 Å². The fourth-order valence-electron chi connectivity index (χ4n) is 0.296. The van der Waals surface area contributed by atoms with E-state index in [1.807, 2.05) is 0 Å². The summed E-state index contributed by atoms with van der Waals surface area (Å²) in [5.74, 6) is 0. The Kier molecular flexibility index (Phi) is 1.10. The number of nitrogens with zero attached hydrogens (tertiary/aromatic N) is 1. The number of hydrogen-bond donors (Lipinski definition) is 0. The molecule has 6 heavy (non-hydrogen) atoms. The first-order valence-corrected chi connectivity index (χ1v) is 1.87. The van der Waals surface area contributed by atoms with Crippen LogP contribution in [0.25, 0.3) is 0 Å². The van der Waals surface area contributed by atoms with E-state index < -0.39 is 0 Å². The summed E-state index contributed by atoms with van der Waals surface area (Å²) >= 11 is 0. The van der Waals surface area contributed by atoms with Crippen molar-refractivity contribution in [2.75, 3.05) is 6.61 Å². The lowest BCUT2D eigenvalue weighted by molar-refractivity contribution is 0.142. The van der Waals surface area contributed by atoms with Gasteiger partial charge < -0.3 is 4.84 Å². The van der Waals surface area contributed by atoms with E-state index in [9.17, 15) is 0 Å². The molecule has 0 aromatic heterocycles. The third kappa shape index (κ3) is 0.708. The molecule has 2 heteroatoms. The van der Waals surface area contributed by atoms with Crippen LogP contribution in [0.2, 0.25) is 0 Å². The molecule has 0 unspecified atom stereocenters. The predicted molar refractivity (Wildman–Crippen MR) is 22.3 cm³/mol. The molecule has 0 aromatic rings. The quantitative estimate of drug-likeness (QED) is 0.417. The zero-order valence-electron chi connectivity index (χ0n) is 3.35. The zero-order chi connectivity index (χ0) is 4.24. The second kappa shape index (κ2) is 1.80. The second-order valence-electron chi connectivity index (χ2n) is 1.02. The van der Waals surface area contributed by atoms with Crippen LogP contribution in [0, 0.1) is 6.42 Å². The number of hydrogen-bond acceptors (Lipinski definition) is 2. The molecule has 0 saturated carbocycles. The summed E-state index contributed by atoms with van der Waals surface area (Å²) in [6, 6.07) is 0. The first-order chi connectivity index (χ1) is 3.00. The van der Waals surface area contributed by atoms with Gasteiger partial charge in [0.1, 0.15) is 6.61 Å². The highest BCUT2D eigenvalue weighted by Crippen LogP contribution is 1.91. The smallest absolute Gasteiger partial charge is 0.118 e. The average Bonchev–Trinajstić information content (AvgIpc) is 1.72. The minimum absolute atomic E-state index is 0.691. The summed E-state index contributed by atoms with van der Waals surface area (Å²) in [5, 5.41) is 3.44. The van der Waals surface area contributed by atoms with Crippen LogP contribution in [-0.4, -0.2) is 12.8 Å². The minimum atomic E-state index is 0.691. The molecule has 1 heterocycles. The van der Waals surface area contributed by atoms with E-state index in [0.29, 0.717) is 6.61 Å². The molecule has 1 rings (SSSR count). The van der Waals surface area contributed by atoms with E-state index in [1.54, 1.807) is 6.21 Å². The zero-order valence-corrected chi connectivity index (χ0v) is 3.35. The Bertz CT molecular complexity index is 52.6. The maximum absolute atomic E-state index is 4.58. The average molecular weight is 83.1 g/mol. The Morgan fingerprint density at radius 1 is 1.83 bits per heavy atom. The number of oxime groups is 1. The highest BCUT2D eigenvalue weighted by atomic mass is 16.6. The fourth-order valence-corrected chi connectivity index (χ4v) is 0.296. The van der Waals surface area contributed by atoms with Crippen LogP contribution < -0.4 is 0 Å². The van der Waals surface area contributed by atoms with Crippen LogP contribution in [-0.2, 0) is 4.84 Å². The maximum atomic E-state index is 4.58. The number of rotatable bonds is 0. The van der Waals surface area contributed by atoms with Crippen molar-refractivity contribution in [3.8, 4) is 0 Å². The van der Waals surface area contributed by atoms with Gasteiger partial charge in [0.2, 0.25) is 0 Å². The Labute approximate surface area is 36.8 Å². The van der Waals surface area contributed by atoms with E-state index in [1.165, 1.54) is 0 Å². The van der Waals surface area contributed by atoms with E-state index in [4.69, 9.17) is 0 Å². The van der Waals surface area contributed by atoms with Crippen molar-refractivity contribution in [3.63, 3.8) is 0 Å². The fraction of sp³-hybridized carbons (Fsp3) is 0.500. The van der Waals surface area contributed by atoms with Gasteiger partial charge in [0.25, 0.3) is 0 Å². The van der Waals surface area contributed by atoms with Crippen molar-refractivity contribution in [2.24, 2.45) is 5.16 Å². The van der Waals surface area contributed by atoms with Gasteiger partial charge in [-0.15, -0.1) is 0 Å². The molecule has 1 aliphatic rings. The molecule has 0 saturated heterocycles. The van der Waals surface area contributed by atoms with Crippen molar-refractivity contribution < 1.29 is 4.84 Å². The summed E-state index contributed by atoms with van der Waals surface area (Å²) in [5.41, 5.74) is 0. The molecule has 0 spiro atoms. The van der Waals surface area contributed by atoms with Gasteiger partial charge in [-0.2, -0.15) is 0 Å². The molecule has 0 amide bonds. The van der Waals surface area contributed by atoms with Gasteiger partial charge in [0.05, 0.1) is 6.21 Å². The first kappa shape index (κ1) is 3.65. The molecular weight excluding hydrogens is 78.0 g/mol. The summed E-state index contributed by atoms with van der Waals surface area (Å²) in [6.45, 7) is 0.691. The van der Waals surface area contributed by atoms with Crippen LogP contribution in [0.4, 0.5) is 0 Å². The molecule has 0 aliphatic carbocycles. The normalized spacial score (nSPS) is 20.0. The summed E-state index contributed by atoms with van der Waals surface area (Å²) < 4.78 is 0. The highest BCUT2D eigenvalue weighted by molar-refractivity contribution is 5.67. The van der Waals surface area contributed by atoms with Gasteiger partial charge in [-0.1, -0.05) is 5.16 Å². The minimum Gasteiger partial charge on any atom is -0.396 e. The Hall–Kier alpha value is -0.530. The standard InChI is InChI=1S/C4H5NO/c1-2-4-6-5-3-1/h3H,2,4H2. The van der Waals surface area contributed by atoms with Crippen molar-refractivity contribution >= 4 is 6.21 Å². The van der Waals surface area contributed by atoms with Gasteiger partial charge in [-0.25, -0.2) is 0 Å². The molecule has 0 N–H and O–H groups in total. The van der Waals surface area contributed by atoms with E-state index in [-0.39, 0.29) is 0 Å². The van der Waals surface area contributed by atoms with Crippen LogP contribution in [0.1, 0.15) is 6.42 Å². The lowest BCUT2D eigenvalue weighted by Crippen LogP contribution is -1.95. The maximum Gasteiger partial charge on any atom is 0.118 e. The molecule has 0 bridgehead atoms. The van der Waals surface area contributed by atoms with Crippen molar-refractivity contribution in [2.45, 2.75) is 6.42 Å². The molecular formula is C4H5NO. The Morgan fingerprint density at radius 3 is 3.00 bits per heavy atom. The van der Waals surface area contributed by atoms with Gasteiger partial charge in [0, 0.05) is 6.42 Å². The lowest BCUT2D eigenvalue weighted by Gasteiger charge is -1.98.